The van der Waals surface area contributed by atoms with Gasteiger partial charge in [0, 0.05) is 19.8 Å². The van der Waals surface area contributed by atoms with Gasteiger partial charge in [-0.2, -0.15) is 0 Å². The summed E-state index contributed by atoms with van der Waals surface area (Å²) in [5, 5.41) is 1.39. The van der Waals surface area contributed by atoms with Crippen LogP contribution in [0.4, 0.5) is 0 Å². The lowest BCUT2D eigenvalue weighted by Gasteiger charge is -2.07. The van der Waals surface area contributed by atoms with Crippen LogP contribution < -0.4 is 0 Å². The third-order valence-electron chi connectivity index (χ3n) is 2.20. The molecule has 0 spiro atoms. The van der Waals surface area contributed by atoms with E-state index in [0.29, 0.717) is 10.0 Å². The maximum absolute atomic E-state index is 5.96. The molecule has 0 aromatic heterocycles. The Morgan fingerprint density at radius 1 is 0.650 bits per heavy atom. The van der Waals surface area contributed by atoms with Crippen LogP contribution in [0.15, 0.2) is 67.1 Å². The van der Waals surface area contributed by atoms with Crippen LogP contribution in [0.25, 0.3) is 0 Å². The van der Waals surface area contributed by atoms with E-state index in [-0.39, 0.29) is 4.49 Å². The highest BCUT2D eigenvalue weighted by molar-refractivity contribution is 8.22. The minimum atomic E-state index is 0.241. The average Bonchev–Trinajstić information content (AvgIpc) is 2.42. The molecule has 0 aliphatic carbocycles. The molecule has 0 fully saturated rings. The first-order valence-electron chi connectivity index (χ1n) is 5.47. The maximum Gasteiger partial charge on any atom is 0.127 e. The summed E-state index contributed by atoms with van der Waals surface area (Å²) in [4.78, 5) is 2.04. The minimum absolute atomic E-state index is 0.241. The monoisotopic (exact) mass is 380 g/mol. The van der Waals surface area contributed by atoms with Crippen LogP contribution in [-0.4, -0.2) is 0 Å². The van der Waals surface area contributed by atoms with Crippen LogP contribution >= 0.6 is 69.9 Å². The molecule has 0 saturated carbocycles. The van der Waals surface area contributed by atoms with Crippen molar-refractivity contribution in [3.05, 3.63) is 67.3 Å². The quantitative estimate of drug-likeness (QED) is 0.503. The summed E-state index contributed by atoms with van der Waals surface area (Å²) in [6, 6.07) is 15.0. The Bertz CT molecular complexity index is 553. The number of thioether (sulfide) groups is 2. The zero-order valence-electron chi connectivity index (χ0n) is 9.95. The third-order valence-corrected chi connectivity index (χ3v) is 5.83. The Kier molecular flexibility index (Phi) is 6.47. The van der Waals surface area contributed by atoms with Gasteiger partial charge in [-0.1, -0.05) is 69.9 Å². The Labute approximate surface area is 146 Å². The zero-order valence-corrected chi connectivity index (χ0v) is 14.6. The minimum Gasteiger partial charge on any atom is -0.0843 e. The predicted octanol–water partition coefficient (Wildman–Crippen LogP) is 7.48. The highest BCUT2D eigenvalue weighted by atomic mass is 35.5. The molecule has 0 amide bonds. The number of benzene rings is 2. The first-order valence-corrected chi connectivity index (χ1v) is 8.61. The maximum atomic E-state index is 5.96. The molecule has 0 unspecified atom stereocenters. The van der Waals surface area contributed by atoms with Crippen molar-refractivity contribution >= 4 is 69.9 Å². The first-order chi connectivity index (χ1) is 9.54. The van der Waals surface area contributed by atoms with Gasteiger partial charge in [0.15, 0.2) is 0 Å². The van der Waals surface area contributed by atoms with Crippen molar-refractivity contribution in [1.29, 1.82) is 0 Å². The molecule has 0 atom stereocenters. The topological polar surface area (TPSA) is 0 Å². The molecule has 0 bridgehead atoms. The fourth-order valence-corrected chi connectivity index (χ4v) is 3.90. The summed E-state index contributed by atoms with van der Waals surface area (Å²) in [5.41, 5.74) is 0. The standard InChI is InChI=1S/C14H8Cl4S2/c15-9-1-5-11(6-2-9)19-14(13(17)18)20-12-7-3-10(16)4-8-12/h1-8H. The van der Waals surface area contributed by atoms with Gasteiger partial charge in [0.05, 0.1) is 4.24 Å². The van der Waals surface area contributed by atoms with Crippen LogP contribution in [0.3, 0.4) is 0 Å². The van der Waals surface area contributed by atoms with Crippen molar-refractivity contribution in [2.24, 2.45) is 0 Å². The molecule has 0 aliphatic rings. The second kappa shape index (κ2) is 7.88. The summed E-state index contributed by atoms with van der Waals surface area (Å²) in [7, 11) is 0. The fourth-order valence-electron chi connectivity index (χ4n) is 1.32. The van der Waals surface area contributed by atoms with Gasteiger partial charge in [-0.3, -0.25) is 0 Å². The molecule has 0 N–H and O–H groups in total. The molecule has 0 radical (unpaired) electrons. The third kappa shape index (κ3) is 5.10. The van der Waals surface area contributed by atoms with E-state index in [9.17, 15) is 0 Å². The predicted molar refractivity (Wildman–Crippen MR) is 93.4 cm³/mol. The van der Waals surface area contributed by atoms with E-state index in [1.165, 1.54) is 23.5 Å². The number of hydrogen-bond donors (Lipinski definition) is 0. The van der Waals surface area contributed by atoms with E-state index >= 15 is 0 Å². The summed E-state index contributed by atoms with van der Waals surface area (Å²) in [6.45, 7) is 0. The first kappa shape index (κ1) is 16.4. The molecular formula is C14H8Cl4S2. The molecule has 104 valence electrons. The Hall–Kier alpha value is 0.0400. The fraction of sp³-hybridized carbons (Fsp3) is 0. The Morgan fingerprint density at radius 2 is 1.00 bits per heavy atom. The molecular weight excluding hydrogens is 374 g/mol. The SMILES string of the molecule is ClC(Cl)=C(Sc1ccc(Cl)cc1)Sc1ccc(Cl)cc1. The second-order valence-electron chi connectivity index (χ2n) is 3.66. The number of rotatable bonds is 4. The van der Waals surface area contributed by atoms with Crippen molar-refractivity contribution in [3.8, 4) is 0 Å². The second-order valence-corrected chi connectivity index (χ2v) is 7.91. The Balaban J connectivity index is 2.14. The highest BCUT2D eigenvalue weighted by Crippen LogP contribution is 2.43. The molecule has 2 rings (SSSR count). The number of hydrogen-bond acceptors (Lipinski definition) is 2. The molecule has 2 aromatic carbocycles. The van der Waals surface area contributed by atoms with Crippen molar-refractivity contribution in [1.82, 2.24) is 0 Å². The molecule has 2 aromatic rings. The van der Waals surface area contributed by atoms with Crippen LogP contribution in [0, 0.1) is 0 Å². The van der Waals surface area contributed by atoms with E-state index in [1.807, 2.05) is 48.5 Å². The van der Waals surface area contributed by atoms with Gasteiger partial charge in [0.25, 0.3) is 0 Å². The summed E-state index contributed by atoms with van der Waals surface area (Å²) < 4.78 is 1.04. The lowest BCUT2D eigenvalue weighted by Crippen LogP contribution is -1.77. The smallest absolute Gasteiger partial charge is 0.0843 e. The van der Waals surface area contributed by atoms with Gasteiger partial charge in [-0.05, 0) is 48.5 Å². The highest BCUT2D eigenvalue weighted by Gasteiger charge is 2.08. The summed E-state index contributed by atoms with van der Waals surface area (Å²) in [6.07, 6.45) is 0. The largest absolute Gasteiger partial charge is 0.127 e. The van der Waals surface area contributed by atoms with Gasteiger partial charge >= 0.3 is 0 Å². The van der Waals surface area contributed by atoms with Gasteiger partial charge in [-0.25, -0.2) is 0 Å². The molecule has 0 aliphatic heterocycles. The molecule has 0 nitrogen and oxygen atoms in total. The Morgan fingerprint density at radius 3 is 1.30 bits per heavy atom. The van der Waals surface area contributed by atoms with Crippen molar-refractivity contribution in [2.75, 3.05) is 0 Å². The zero-order chi connectivity index (χ0) is 14.5. The molecule has 6 heteroatoms. The van der Waals surface area contributed by atoms with Crippen LogP contribution in [-0.2, 0) is 0 Å². The summed E-state index contributed by atoms with van der Waals surface area (Å²) in [5.74, 6) is 0. The van der Waals surface area contributed by atoms with E-state index in [0.717, 1.165) is 14.0 Å². The van der Waals surface area contributed by atoms with Crippen LogP contribution in [0.1, 0.15) is 0 Å². The van der Waals surface area contributed by atoms with E-state index < -0.39 is 0 Å². The van der Waals surface area contributed by atoms with Crippen molar-refractivity contribution in [3.63, 3.8) is 0 Å². The summed E-state index contributed by atoms with van der Waals surface area (Å²) >= 11 is 26.6. The van der Waals surface area contributed by atoms with E-state index in [2.05, 4.69) is 0 Å². The molecule has 0 heterocycles. The normalized spacial score (nSPS) is 10.4. The van der Waals surface area contributed by atoms with Crippen molar-refractivity contribution < 1.29 is 0 Å². The van der Waals surface area contributed by atoms with E-state index in [4.69, 9.17) is 46.4 Å². The van der Waals surface area contributed by atoms with Crippen molar-refractivity contribution in [2.45, 2.75) is 9.79 Å². The van der Waals surface area contributed by atoms with Crippen LogP contribution in [0.5, 0.6) is 0 Å². The van der Waals surface area contributed by atoms with Gasteiger partial charge in [0.2, 0.25) is 0 Å². The van der Waals surface area contributed by atoms with Crippen LogP contribution in [0.2, 0.25) is 10.0 Å². The van der Waals surface area contributed by atoms with E-state index in [1.54, 1.807) is 0 Å². The van der Waals surface area contributed by atoms with Gasteiger partial charge < -0.3 is 0 Å². The lowest BCUT2D eigenvalue weighted by molar-refractivity contribution is 1.46. The number of halogens is 4. The molecule has 0 saturated heterocycles. The van der Waals surface area contributed by atoms with Gasteiger partial charge in [-0.15, -0.1) is 0 Å². The average molecular weight is 382 g/mol. The van der Waals surface area contributed by atoms with Gasteiger partial charge in [0.1, 0.15) is 4.49 Å². The lowest BCUT2D eigenvalue weighted by atomic mass is 10.4. The molecule has 20 heavy (non-hydrogen) atoms.